The lowest BCUT2D eigenvalue weighted by Gasteiger charge is -2.29. The molecule has 4 atom stereocenters. The van der Waals surface area contributed by atoms with Gasteiger partial charge in [-0.05, 0) is 43.5 Å². The van der Waals surface area contributed by atoms with Gasteiger partial charge in [0.05, 0.1) is 11.7 Å². The fourth-order valence-electron chi connectivity index (χ4n) is 5.77. The molecule has 3 aliphatic rings. The zero-order chi connectivity index (χ0) is 19.5. The van der Waals surface area contributed by atoms with E-state index in [1.54, 1.807) is 0 Å². The largest absolute Gasteiger partial charge is 0.370 e. The Bertz CT molecular complexity index is 926. The number of amides is 1. The topological polar surface area (TPSA) is 57.4 Å². The molecule has 150 valence electrons. The van der Waals surface area contributed by atoms with Crippen LogP contribution >= 0.6 is 11.6 Å². The van der Waals surface area contributed by atoms with Gasteiger partial charge in [-0.1, -0.05) is 18.5 Å². The van der Waals surface area contributed by atoms with Crippen molar-refractivity contribution < 1.29 is 9.53 Å². The van der Waals surface area contributed by atoms with Gasteiger partial charge in [0.15, 0.2) is 0 Å². The van der Waals surface area contributed by atoms with Crippen molar-refractivity contribution in [2.24, 2.45) is 11.8 Å². The maximum atomic E-state index is 11.7. The van der Waals surface area contributed by atoms with Gasteiger partial charge in [-0.3, -0.25) is 9.69 Å². The second-order valence-corrected chi connectivity index (χ2v) is 9.21. The van der Waals surface area contributed by atoms with Gasteiger partial charge < -0.3 is 15.0 Å². The summed E-state index contributed by atoms with van der Waals surface area (Å²) in [5, 5.41) is 5.09. The van der Waals surface area contributed by atoms with Gasteiger partial charge in [-0.2, -0.15) is 0 Å². The fraction of sp³-hybridized carbons (Fsp3) is 0.591. The Kier molecular flexibility index (Phi) is 4.45. The molecule has 3 fully saturated rings. The van der Waals surface area contributed by atoms with Gasteiger partial charge in [0.25, 0.3) is 0 Å². The van der Waals surface area contributed by atoms with Crippen LogP contribution in [-0.2, 0) is 16.1 Å². The Hall–Kier alpha value is -1.56. The highest BCUT2D eigenvalue weighted by Crippen LogP contribution is 2.54. The van der Waals surface area contributed by atoms with Gasteiger partial charge in [0.2, 0.25) is 5.91 Å². The zero-order valence-corrected chi connectivity index (χ0v) is 17.3. The number of likely N-dealkylation sites (tertiary alicyclic amines) is 1. The van der Waals surface area contributed by atoms with E-state index in [0.717, 1.165) is 49.6 Å². The second kappa shape index (κ2) is 6.75. The number of aryl methyl sites for hydroxylation is 1. The van der Waals surface area contributed by atoms with E-state index in [2.05, 4.69) is 28.2 Å². The van der Waals surface area contributed by atoms with E-state index in [1.165, 1.54) is 16.6 Å². The van der Waals surface area contributed by atoms with Crippen LogP contribution in [0.3, 0.4) is 0 Å². The van der Waals surface area contributed by atoms with Crippen molar-refractivity contribution in [3.8, 4) is 0 Å². The molecule has 6 heteroatoms. The van der Waals surface area contributed by atoms with Crippen molar-refractivity contribution in [2.75, 3.05) is 19.6 Å². The molecular weight excluding hydrogens is 374 g/mol. The molecule has 3 aliphatic heterocycles. The van der Waals surface area contributed by atoms with E-state index in [1.807, 2.05) is 19.1 Å². The number of aromatic nitrogens is 1. The molecule has 1 spiro atoms. The zero-order valence-electron chi connectivity index (χ0n) is 16.6. The first kappa shape index (κ1) is 18.5. The first-order valence-electron chi connectivity index (χ1n) is 10.4. The molecule has 0 saturated carbocycles. The van der Waals surface area contributed by atoms with Crippen molar-refractivity contribution in [2.45, 2.75) is 51.4 Å². The number of nitrogens with one attached hydrogen (secondary N) is 2. The maximum Gasteiger partial charge on any atom is 0.219 e. The van der Waals surface area contributed by atoms with Crippen LogP contribution in [0.2, 0.25) is 5.02 Å². The van der Waals surface area contributed by atoms with E-state index >= 15 is 0 Å². The van der Waals surface area contributed by atoms with Gasteiger partial charge in [-0.25, -0.2) is 0 Å². The molecule has 2 bridgehead atoms. The Morgan fingerprint density at radius 3 is 3.14 bits per heavy atom. The highest BCUT2D eigenvalue weighted by atomic mass is 35.5. The molecule has 0 aliphatic carbocycles. The number of benzene rings is 1. The second-order valence-electron chi connectivity index (χ2n) is 8.78. The third-order valence-electron chi connectivity index (χ3n) is 7.22. The molecule has 2 N–H and O–H groups in total. The summed E-state index contributed by atoms with van der Waals surface area (Å²) in [7, 11) is 0. The van der Waals surface area contributed by atoms with Crippen LogP contribution in [0, 0.1) is 18.8 Å². The van der Waals surface area contributed by atoms with Crippen LogP contribution in [0.15, 0.2) is 18.2 Å². The van der Waals surface area contributed by atoms with Crippen molar-refractivity contribution in [1.29, 1.82) is 0 Å². The van der Waals surface area contributed by atoms with E-state index in [4.69, 9.17) is 16.3 Å². The smallest absolute Gasteiger partial charge is 0.219 e. The third kappa shape index (κ3) is 2.87. The lowest BCUT2D eigenvalue weighted by atomic mass is 9.73. The number of hydrogen-bond acceptors (Lipinski definition) is 3. The molecule has 28 heavy (non-hydrogen) atoms. The van der Waals surface area contributed by atoms with Crippen LogP contribution < -0.4 is 5.32 Å². The minimum absolute atomic E-state index is 0.00446. The summed E-state index contributed by atoms with van der Waals surface area (Å²) in [6, 6.07) is 6.04. The predicted octanol–water partition coefficient (Wildman–Crippen LogP) is 3.64. The number of ether oxygens (including phenoxy) is 1. The fourth-order valence-corrected chi connectivity index (χ4v) is 5.95. The molecule has 1 aromatic carbocycles. The van der Waals surface area contributed by atoms with Gasteiger partial charge >= 0.3 is 0 Å². The molecule has 3 saturated heterocycles. The quantitative estimate of drug-likeness (QED) is 0.804. The van der Waals surface area contributed by atoms with Crippen LogP contribution in [0.1, 0.15) is 37.4 Å². The van der Waals surface area contributed by atoms with Gasteiger partial charge in [0, 0.05) is 66.1 Å². The van der Waals surface area contributed by atoms with Crippen molar-refractivity contribution in [1.82, 2.24) is 15.2 Å². The number of nitrogens with zero attached hydrogens (tertiary/aromatic N) is 1. The Balaban J connectivity index is 1.33. The first-order chi connectivity index (χ1) is 13.5. The van der Waals surface area contributed by atoms with Gasteiger partial charge in [0.1, 0.15) is 0 Å². The lowest BCUT2D eigenvalue weighted by molar-refractivity contribution is -0.121. The Morgan fingerprint density at radius 2 is 2.32 bits per heavy atom. The number of aromatic amines is 1. The number of fused-ring (bicyclic) bond motifs is 2. The van der Waals surface area contributed by atoms with Crippen molar-refractivity contribution in [3.63, 3.8) is 0 Å². The molecule has 2 aromatic rings. The summed E-state index contributed by atoms with van der Waals surface area (Å²) in [4.78, 5) is 17.9. The summed E-state index contributed by atoms with van der Waals surface area (Å²) < 4.78 is 6.51. The number of H-pyrrole nitrogens is 1. The first-order valence-corrected chi connectivity index (χ1v) is 10.8. The lowest BCUT2D eigenvalue weighted by Crippen LogP contribution is -2.41. The molecular formula is C22H28ClN3O2. The van der Waals surface area contributed by atoms with Crippen molar-refractivity contribution in [3.05, 3.63) is 34.5 Å². The number of rotatable bonds is 5. The molecule has 1 aromatic heterocycles. The molecule has 5 rings (SSSR count). The summed E-state index contributed by atoms with van der Waals surface area (Å²) >= 11 is 6.18. The van der Waals surface area contributed by atoms with Crippen LogP contribution in [-0.4, -0.2) is 47.1 Å². The standard InChI is InChI=1S/C22H28ClN3O2/c1-3-21(27)24-9-16-17-10-26(12-22(17)7-6-20(16)28-22)11-19-13(2)15-8-14(23)4-5-18(15)25-19/h4-5,8,16-17,20,25H,3,6-7,9-12H2,1-2H3,(H,24,27)/t16-,17+,20+,22+/m0/s1. The van der Waals surface area contributed by atoms with Crippen LogP contribution in [0.25, 0.3) is 10.9 Å². The molecule has 4 heterocycles. The molecule has 5 nitrogen and oxygen atoms in total. The summed E-state index contributed by atoms with van der Waals surface area (Å²) in [5.41, 5.74) is 3.69. The molecule has 1 amide bonds. The number of hydrogen-bond donors (Lipinski definition) is 2. The van der Waals surface area contributed by atoms with Gasteiger partial charge in [-0.15, -0.1) is 0 Å². The van der Waals surface area contributed by atoms with Crippen LogP contribution in [0.5, 0.6) is 0 Å². The van der Waals surface area contributed by atoms with E-state index in [9.17, 15) is 4.79 Å². The molecule has 0 radical (unpaired) electrons. The highest BCUT2D eigenvalue weighted by Gasteiger charge is 2.62. The maximum absolute atomic E-state index is 11.7. The predicted molar refractivity (Wildman–Crippen MR) is 110 cm³/mol. The van der Waals surface area contributed by atoms with E-state index < -0.39 is 0 Å². The summed E-state index contributed by atoms with van der Waals surface area (Å²) in [6.45, 7) is 7.76. The monoisotopic (exact) mass is 401 g/mol. The average molecular weight is 402 g/mol. The number of carbonyl (C=O) groups is 1. The Labute approximate surface area is 170 Å². The SMILES string of the molecule is CCC(=O)NC[C@H]1[C@H]2CN(Cc3[nH]c4ccc(Cl)cc4c3C)C[C@]23CC[C@H]1O3. The van der Waals surface area contributed by atoms with Crippen molar-refractivity contribution >= 4 is 28.4 Å². The van der Waals surface area contributed by atoms with E-state index in [0.29, 0.717) is 24.4 Å². The molecule has 0 unspecified atom stereocenters. The average Bonchev–Trinajstić information content (AvgIpc) is 3.40. The minimum Gasteiger partial charge on any atom is -0.370 e. The van der Waals surface area contributed by atoms with Crippen LogP contribution in [0.4, 0.5) is 0 Å². The minimum atomic E-state index is -0.00446. The third-order valence-corrected chi connectivity index (χ3v) is 7.45. The summed E-state index contributed by atoms with van der Waals surface area (Å²) in [6.07, 6.45) is 3.14. The number of carbonyl (C=O) groups excluding carboxylic acids is 1. The summed E-state index contributed by atoms with van der Waals surface area (Å²) in [5.74, 6) is 1.10. The highest BCUT2D eigenvalue weighted by molar-refractivity contribution is 6.31. The Morgan fingerprint density at radius 1 is 1.46 bits per heavy atom. The van der Waals surface area contributed by atoms with E-state index in [-0.39, 0.29) is 11.5 Å². The number of halogens is 1. The normalized spacial score (nSPS) is 31.6.